The van der Waals surface area contributed by atoms with Gasteiger partial charge in [0.2, 0.25) is 0 Å². The number of hydroxylamine groups is 2. The van der Waals surface area contributed by atoms with E-state index < -0.39 is 17.8 Å². The van der Waals surface area contributed by atoms with Crippen molar-refractivity contribution in [2.45, 2.75) is 6.42 Å². The molecule has 3 aromatic rings. The molecule has 2 amide bonds. The molecule has 1 aromatic heterocycles. The Labute approximate surface area is 147 Å². The molecule has 0 aliphatic carbocycles. The minimum atomic E-state index is -0.785. The van der Waals surface area contributed by atoms with Crippen LogP contribution in [0.3, 0.4) is 0 Å². The van der Waals surface area contributed by atoms with Crippen LogP contribution in [0.1, 0.15) is 26.4 Å². The summed E-state index contributed by atoms with van der Waals surface area (Å²) in [4.78, 5) is 41.4. The molecule has 1 aliphatic heterocycles. The van der Waals surface area contributed by atoms with E-state index in [9.17, 15) is 14.4 Å². The van der Waals surface area contributed by atoms with Crippen molar-refractivity contribution in [2.75, 3.05) is 0 Å². The van der Waals surface area contributed by atoms with Crippen LogP contribution in [0.25, 0.3) is 11.3 Å². The van der Waals surface area contributed by atoms with Gasteiger partial charge in [-0.2, -0.15) is 0 Å². The molecule has 0 N–H and O–H groups in total. The second kappa shape index (κ2) is 6.29. The van der Waals surface area contributed by atoms with Crippen molar-refractivity contribution < 1.29 is 23.7 Å². The fraction of sp³-hybridized carbons (Fsp3) is 0.0526. The molecule has 26 heavy (non-hydrogen) atoms. The summed E-state index contributed by atoms with van der Waals surface area (Å²) in [6.45, 7) is 0. The maximum Gasteiger partial charge on any atom is 0.339 e. The molecule has 0 bridgehead atoms. The van der Waals surface area contributed by atoms with Gasteiger partial charge in [0.25, 0.3) is 11.8 Å². The van der Waals surface area contributed by atoms with Crippen LogP contribution in [0.15, 0.2) is 65.2 Å². The fourth-order valence-corrected chi connectivity index (χ4v) is 2.67. The van der Waals surface area contributed by atoms with Gasteiger partial charge in [-0.25, -0.2) is 4.79 Å². The summed E-state index contributed by atoms with van der Waals surface area (Å²) in [5.41, 5.74) is 1.57. The molecular weight excluding hydrogens is 336 g/mol. The first-order valence-electron chi connectivity index (χ1n) is 7.83. The minimum absolute atomic E-state index is 0.207. The Morgan fingerprint density at radius 2 is 1.58 bits per heavy atom. The molecule has 0 saturated heterocycles. The summed E-state index contributed by atoms with van der Waals surface area (Å²) in [5.74, 6) is -1.60. The molecule has 0 radical (unpaired) electrons. The van der Waals surface area contributed by atoms with Crippen LogP contribution in [-0.2, 0) is 16.1 Å². The molecule has 1 aliphatic rings. The molecule has 0 saturated carbocycles. The zero-order chi connectivity index (χ0) is 18.1. The van der Waals surface area contributed by atoms with Crippen LogP contribution in [-0.4, -0.2) is 28.0 Å². The summed E-state index contributed by atoms with van der Waals surface area (Å²) in [5, 5.41) is 4.30. The standard InChI is InChI=1S/C19H12N2O5/c22-17(11-13-10-16(25-20-13)12-6-2-1-3-7-12)26-21-18(23)14-8-4-5-9-15(14)19(21)24/h1-10H,11H2. The van der Waals surface area contributed by atoms with Crippen LogP contribution >= 0.6 is 0 Å². The monoisotopic (exact) mass is 348 g/mol. The average molecular weight is 348 g/mol. The third kappa shape index (κ3) is 2.75. The van der Waals surface area contributed by atoms with Crippen molar-refractivity contribution in [3.05, 3.63) is 77.5 Å². The molecule has 0 spiro atoms. The van der Waals surface area contributed by atoms with Crippen LogP contribution in [0.4, 0.5) is 0 Å². The predicted octanol–water partition coefficient (Wildman–Crippen LogP) is 2.64. The van der Waals surface area contributed by atoms with Gasteiger partial charge in [-0.1, -0.05) is 52.7 Å². The Morgan fingerprint density at radius 3 is 2.23 bits per heavy atom. The van der Waals surface area contributed by atoms with Crippen LogP contribution in [0.2, 0.25) is 0 Å². The summed E-state index contributed by atoms with van der Waals surface area (Å²) in [6.07, 6.45) is -0.232. The largest absolute Gasteiger partial charge is 0.356 e. The zero-order valence-corrected chi connectivity index (χ0v) is 13.4. The van der Waals surface area contributed by atoms with E-state index in [1.54, 1.807) is 18.2 Å². The Morgan fingerprint density at radius 1 is 0.962 bits per heavy atom. The van der Waals surface area contributed by atoms with Gasteiger partial charge in [0.15, 0.2) is 5.76 Å². The highest BCUT2D eigenvalue weighted by Crippen LogP contribution is 2.23. The van der Waals surface area contributed by atoms with E-state index in [0.717, 1.165) is 5.56 Å². The van der Waals surface area contributed by atoms with Crippen molar-refractivity contribution in [1.29, 1.82) is 0 Å². The normalized spacial score (nSPS) is 13.0. The summed E-state index contributed by atoms with van der Waals surface area (Å²) < 4.78 is 5.21. The van der Waals surface area contributed by atoms with Crippen molar-refractivity contribution in [3.8, 4) is 11.3 Å². The molecule has 2 aromatic carbocycles. The van der Waals surface area contributed by atoms with Gasteiger partial charge in [0, 0.05) is 11.6 Å². The minimum Gasteiger partial charge on any atom is -0.356 e. The molecule has 7 heteroatoms. The third-order valence-electron chi connectivity index (χ3n) is 3.89. The Kier molecular flexibility index (Phi) is 3.81. The first kappa shape index (κ1) is 15.8. The Balaban J connectivity index is 1.45. The number of amides is 2. The highest BCUT2D eigenvalue weighted by Gasteiger charge is 2.38. The maximum atomic E-state index is 12.2. The first-order valence-corrected chi connectivity index (χ1v) is 7.83. The van der Waals surface area contributed by atoms with E-state index >= 15 is 0 Å². The van der Waals surface area contributed by atoms with Crippen molar-refractivity contribution in [1.82, 2.24) is 10.2 Å². The second-order valence-corrected chi connectivity index (χ2v) is 5.64. The SMILES string of the molecule is O=C(Cc1cc(-c2ccccc2)on1)ON1C(=O)c2ccccc2C1=O. The quantitative estimate of drug-likeness (QED) is 0.673. The van der Waals surface area contributed by atoms with E-state index in [1.807, 2.05) is 30.3 Å². The number of benzene rings is 2. The van der Waals surface area contributed by atoms with Crippen molar-refractivity contribution in [2.24, 2.45) is 0 Å². The number of rotatable bonds is 4. The lowest BCUT2D eigenvalue weighted by Crippen LogP contribution is -2.33. The number of imide groups is 1. The van der Waals surface area contributed by atoms with Gasteiger partial charge in [-0.05, 0) is 12.1 Å². The number of aromatic nitrogens is 1. The molecule has 0 atom stereocenters. The molecule has 0 fully saturated rings. The lowest BCUT2D eigenvalue weighted by molar-refractivity contribution is -0.167. The first-order chi connectivity index (χ1) is 12.6. The van der Waals surface area contributed by atoms with E-state index in [-0.39, 0.29) is 17.5 Å². The van der Waals surface area contributed by atoms with E-state index in [4.69, 9.17) is 9.36 Å². The smallest absolute Gasteiger partial charge is 0.339 e. The molecule has 4 rings (SSSR count). The van der Waals surface area contributed by atoms with Crippen LogP contribution in [0, 0.1) is 0 Å². The highest BCUT2D eigenvalue weighted by atomic mass is 16.7. The number of fused-ring (bicyclic) bond motifs is 1. The van der Waals surface area contributed by atoms with Gasteiger partial charge < -0.3 is 9.36 Å². The summed E-state index contributed by atoms with van der Waals surface area (Å²) in [7, 11) is 0. The number of hydrogen-bond donors (Lipinski definition) is 0. The van der Waals surface area contributed by atoms with E-state index in [1.165, 1.54) is 12.1 Å². The molecule has 128 valence electrons. The van der Waals surface area contributed by atoms with E-state index in [2.05, 4.69) is 5.16 Å². The predicted molar refractivity (Wildman–Crippen MR) is 88.7 cm³/mol. The van der Waals surface area contributed by atoms with E-state index in [0.29, 0.717) is 16.5 Å². The van der Waals surface area contributed by atoms with Gasteiger partial charge in [0.05, 0.1) is 23.2 Å². The van der Waals surface area contributed by atoms with Crippen molar-refractivity contribution >= 4 is 17.8 Å². The Hall–Kier alpha value is -3.74. The summed E-state index contributed by atoms with van der Waals surface area (Å²) in [6, 6.07) is 17.2. The lowest BCUT2D eigenvalue weighted by atomic mass is 10.1. The third-order valence-corrected chi connectivity index (χ3v) is 3.89. The van der Waals surface area contributed by atoms with Gasteiger partial charge in [-0.3, -0.25) is 9.59 Å². The van der Waals surface area contributed by atoms with Gasteiger partial charge in [0.1, 0.15) is 0 Å². The van der Waals surface area contributed by atoms with Crippen LogP contribution in [0.5, 0.6) is 0 Å². The second-order valence-electron chi connectivity index (χ2n) is 5.64. The molecular formula is C19H12N2O5. The molecule has 0 unspecified atom stereocenters. The highest BCUT2D eigenvalue weighted by molar-refractivity contribution is 6.20. The maximum absolute atomic E-state index is 12.2. The lowest BCUT2D eigenvalue weighted by Gasteiger charge is -2.11. The fourth-order valence-electron chi connectivity index (χ4n) is 2.67. The van der Waals surface area contributed by atoms with Gasteiger partial charge in [-0.15, -0.1) is 0 Å². The zero-order valence-electron chi connectivity index (χ0n) is 13.4. The summed E-state index contributed by atoms with van der Waals surface area (Å²) >= 11 is 0. The van der Waals surface area contributed by atoms with Crippen LogP contribution < -0.4 is 0 Å². The number of hydrogen-bond acceptors (Lipinski definition) is 6. The topological polar surface area (TPSA) is 89.7 Å². The molecule has 7 nitrogen and oxygen atoms in total. The number of carbonyl (C=O) groups excluding carboxylic acids is 3. The average Bonchev–Trinajstić information content (AvgIpc) is 3.22. The number of carbonyl (C=O) groups is 3. The Bertz CT molecular complexity index is 975. The van der Waals surface area contributed by atoms with Crippen molar-refractivity contribution in [3.63, 3.8) is 0 Å². The van der Waals surface area contributed by atoms with Gasteiger partial charge >= 0.3 is 5.97 Å². The number of nitrogens with zero attached hydrogens (tertiary/aromatic N) is 2. The molecule has 2 heterocycles.